The number of benzene rings is 1. The first kappa shape index (κ1) is 19.6. The molecule has 2 aliphatic rings. The van der Waals surface area contributed by atoms with Gasteiger partial charge in [-0.15, -0.1) is 0 Å². The van der Waals surface area contributed by atoms with Crippen LogP contribution >= 0.6 is 0 Å². The van der Waals surface area contributed by atoms with Crippen LogP contribution in [0.4, 0.5) is 0 Å². The zero-order valence-corrected chi connectivity index (χ0v) is 16.1. The number of fused-ring (bicyclic) bond motifs is 1. The fraction of sp³-hybridized carbons (Fsp3) is 0.286. The number of nitrogens with zero attached hydrogens (tertiary/aromatic N) is 3. The lowest BCUT2D eigenvalue weighted by molar-refractivity contribution is -0.134. The summed E-state index contributed by atoms with van der Waals surface area (Å²) in [6.45, 7) is 0.529. The molecule has 2 aromatic rings. The molecule has 2 aliphatic heterocycles. The summed E-state index contributed by atoms with van der Waals surface area (Å²) in [5, 5.41) is 0. The summed E-state index contributed by atoms with van der Waals surface area (Å²) in [7, 11) is 0. The monoisotopic (exact) mass is 408 g/mol. The maximum Gasteiger partial charge on any atom is 0.267 e. The Morgan fingerprint density at radius 3 is 2.50 bits per heavy atom. The minimum atomic E-state index is -0.651. The summed E-state index contributed by atoms with van der Waals surface area (Å²) in [4.78, 5) is 55.5. The van der Waals surface area contributed by atoms with E-state index in [2.05, 4.69) is 4.98 Å². The van der Waals surface area contributed by atoms with Gasteiger partial charge in [-0.1, -0.05) is 12.1 Å². The van der Waals surface area contributed by atoms with Crippen LogP contribution in [-0.2, 0) is 4.79 Å². The molecule has 0 bridgehead atoms. The van der Waals surface area contributed by atoms with Gasteiger partial charge in [0.2, 0.25) is 5.91 Å². The van der Waals surface area contributed by atoms with Crippen molar-refractivity contribution in [3.63, 3.8) is 0 Å². The normalized spacial score (nSPS) is 18.3. The second-order valence-electron chi connectivity index (χ2n) is 7.20. The van der Waals surface area contributed by atoms with Gasteiger partial charge in [-0.2, -0.15) is 0 Å². The second-order valence-corrected chi connectivity index (χ2v) is 7.20. The lowest BCUT2D eigenvalue weighted by atomic mass is 10.1. The van der Waals surface area contributed by atoms with Gasteiger partial charge < -0.3 is 15.4 Å². The van der Waals surface area contributed by atoms with E-state index in [0.717, 1.165) is 11.3 Å². The van der Waals surface area contributed by atoms with Crippen LogP contribution in [0, 0.1) is 0 Å². The first-order chi connectivity index (χ1) is 14.4. The molecular formula is C21H20N4O5. The maximum atomic E-state index is 12.8. The number of piperidine rings is 1. The highest BCUT2D eigenvalue weighted by molar-refractivity contribution is 6.22. The van der Waals surface area contributed by atoms with Gasteiger partial charge >= 0.3 is 0 Å². The fourth-order valence-electron chi connectivity index (χ4n) is 3.69. The summed E-state index contributed by atoms with van der Waals surface area (Å²) in [6.07, 6.45) is 2.59. The van der Waals surface area contributed by atoms with Crippen molar-refractivity contribution in [2.45, 2.75) is 18.9 Å². The zero-order valence-electron chi connectivity index (χ0n) is 16.1. The van der Waals surface area contributed by atoms with E-state index in [9.17, 15) is 19.2 Å². The van der Waals surface area contributed by atoms with Crippen molar-refractivity contribution in [3.8, 4) is 5.75 Å². The molecule has 2 N–H and O–H groups in total. The Morgan fingerprint density at radius 1 is 1.13 bits per heavy atom. The van der Waals surface area contributed by atoms with Crippen LogP contribution in [0.5, 0.6) is 5.75 Å². The van der Waals surface area contributed by atoms with E-state index in [1.807, 2.05) is 0 Å². The van der Waals surface area contributed by atoms with E-state index < -0.39 is 17.7 Å². The number of pyridine rings is 1. The molecule has 1 atom stereocenters. The summed E-state index contributed by atoms with van der Waals surface area (Å²) < 4.78 is 5.90. The molecule has 0 saturated carbocycles. The number of primary amides is 1. The van der Waals surface area contributed by atoms with E-state index in [0.29, 0.717) is 36.4 Å². The fourth-order valence-corrected chi connectivity index (χ4v) is 3.69. The lowest BCUT2D eigenvalue weighted by Gasteiger charge is -2.33. The predicted molar refractivity (Wildman–Crippen MR) is 105 cm³/mol. The lowest BCUT2D eigenvalue weighted by Crippen LogP contribution is -2.49. The number of rotatable bonds is 5. The van der Waals surface area contributed by atoms with Crippen molar-refractivity contribution in [2.75, 3.05) is 19.6 Å². The summed E-state index contributed by atoms with van der Waals surface area (Å²) in [5.41, 5.74) is 5.97. The molecule has 1 unspecified atom stereocenters. The van der Waals surface area contributed by atoms with Gasteiger partial charge in [-0.25, -0.2) is 0 Å². The van der Waals surface area contributed by atoms with Crippen LogP contribution in [0.1, 0.15) is 44.0 Å². The molecular weight excluding hydrogens is 388 g/mol. The second kappa shape index (κ2) is 7.94. The quantitative estimate of drug-likeness (QED) is 0.732. The van der Waals surface area contributed by atoms with Gasteiger partial charge in [0.1, 0.15) is 24.1 Å². The van der Waals surface area contributed by atoms with Crippen LogP contribution in [-0.4, -0.2) is 64.2 Å². The molecule has 0 radical (unpaired) electrons. The first-order valence-corrected chi connectivity index (χ1v) is 9.59. The molecule has 0 spiro atoms. The predicted octanol–water partition coefficient (Wildman–Crippen LogP) is 0.846. The zero-order chi connectivity index (χ0) is 21.3. The largest absolute Gasteiger partial charge is 0.488 e. The number of carbonyl (C=O) groups excluding carboxylic acids is 4. The Labute approximate surface area is 172 Å². The maximum absolute atomic E-state index is 12.8. The van der Waals surface area contributed by atoms with Crippen molar-refractivity contribution in [2.24, 2.45) is 5.73 Å². The molecule has 1 saturated heterocycles. The van der Waals surface area contributed by atoms with Crippen LogP contribution in [0.25, 0.3) is 0 Å². The number of nitrogens with two attached hydrogens (primary N) is 1. The molecule has 1 aromatic carbocycles. The minimum Gasteiger partial charge on any atom is -0.488 e. The molecule has 0 aliphatic carbocycles. The van der Waals surface area contributed by atoms with Crippen molar-refractivity contribution in [1.29, 1.82) is 0 Å². The Kier molecular flexibility index (Phi) is 5.18. The van der Waals surface area contributed by atoms with Gasteiger partial charge in [-0.3, -0.25) is 29.1 Å². The number of imide groups is 1. The minimum absolute atomic E-state index is 0.0990. The van der Waals surface area contributed by atoms with Gasteiger partial charge in [0.05, 0.1) is 17.7 Å². The highest BCUT2D eigenvalue weighted by atomic mass is 16.5. The third-order valence-electron chi connectivity index (χ3n) is 5.19. The first-order valence-electron chi connectivity index (χ1n) is 9.59. The molecule has 154 valence electrons. The summed E-state index contributed by atoms with van der Waals surface area (Å²) >= 11 is 0. The standard InChI is InChI=1S/C21H20N4O5/c22-19(27)17-10-13(7-8-23-17)30-14-4-3-9-24(11-14)18(26)12-25-20(28)15-5-1-2-6-16(15)21(25)29/h1-2,5-8,10,14H,3-4,9,11-12H2,(H2,22,27). The molecule has 3 heterocycles. The number of likely N-dealkylation sites (tertiary alicyclic amines) is 1. The number of aromatic nitrogens is 1. The van der Waals surface area contributed by atoms with Crippen molar-refractivity contribution in [3.05, 3.63) is 59.4 Å². The topological polar surface area (TPSA) is 123 Å². The summed E-state index contributed by atoms with van der Waals surface area (Å²) in [6, 6.07) is 9.61. The molecule has 1 aromatic heterocycles. The molecule has 1 fully saturated rings. The van der Waals surface area contributed by atoms with Crippen molar-refractivity contribution >= 4 is 23.6 Å². The highest BCUT2D eigenvalue weighted by Crippen LogP contribution is 2.23. The molecule has 4 rings (SSSR count). The van der Waals surface area contributed by atoms with Gasteiger partial charge in [-0.05, 0) is 31.0 Å². The smallest absolute Gasteiger partial charge is 0.267 e. The number of carbonyl (C=O) groups is 4. The number of ether oxygens (including phenoxy) is 1. The molecule has 4 amide bonds. The van der Waals surface area contributed by atoms with E-state index in [4.69, 9.17) is 10.5 Å². The van der Waals surface area contributed by atoms with Crippen molar-refractivity contribution < 1.29 is 23.9 Å². The Morgan fingerprint density at radius 2 is 1.83 bits per heavy atom. The Bertz CT molecular complexity index is 1000. The van der Waals surface area contributed by atoms with E-state index >= 15 is 0 Å². The third-order valence-corrected chi connectivity index (χ3v) is 5.19. The van der Waals surface area contributed by atoms with Gasteiger partial charge in [0, 0.05) is 18.8 Å². The number of amides is 4. The SMILES string of the molecule is NC(=O)c1cc(OC2CCCN(C(=O)CN3C(=O)c4ccccc4C3=O)C2)ccn1. The average molecular weight is 408 g/mol. The van der Waals surface area contributed by atoms with Crippen LogP contribution in [0.2, 0.25) is 0 Å². The van der Waals surface area contributed by atoms with Gasteiger partial charge in [0.15, 0.2) is 0 Å². The average Bonchev–Trinajstić information content (AvgIpc) is 2.99. The number of hydrogen-bond acceptors (Lipinski definition) is 6. The molecule has 9 nitrogen and oxygen atoms in total. The van der Waals surface area contributed by atoms with Crippen LogP contribution < -0.4 is 10.5 Å². The van der Waals surface area contributed by atoms with E-state index in [1.165, 1.54) is 12.3 Å². The van der Waals surface area contributed by atoms with Crippen LogP contribution in [0.15, 0.2) is 42.6 Å². The highest BCUT2D eigenvalue weighted by Gasteiger charge is 2.37. The molecule has 30 heavy (non-hydrogen) atoms. The Balaban J connectivity index is 1.40. The van der Waals surface area contributed by atoms with Gasteiger partial charge in [0.25, 0.3) is 17.7 Å². The van der Waals surface area contributed by atoms with Crippen molar-refractivity contribution in [1.82, 2.24) is 14.8 Å². The molecule has 9 heteroatoms. The van der Waals surface area contributed by atoms with Crippen LogP contribution in [0.3, 0.4) is 0 Å². The Hall–Kier alpha value is -3.75. The summed E-state index contributed by atoms with van der Waals surface area (Å²) in [5.74, 6) is -1.43. The number of hydrogen-bond donors (Lipinski definition) is 1. The van der Waals surface area contributed by atoms with E-state index in [1.54, 1.807) is 35.2 Å². The third kappa shape index (κ3) is 3.73. The van der Waals surface area contributed by atoms with E-state index in [-0.39, 0.29) is 24.2 Å².